The number of fused-ring (bicyclic) bond motifs is 2. The summed E-state index contributed by atoms with van der Waals surface area (Å²) in [6.07, 6.45) is 1.64. The lowest BCUT2D eigenvalue weighted by Gasteiger charge is -2.08. The Bertz CT molecular complexity index is 1180. The molecule has 2 heterocycles. The minimum absolute atomic E-state index is 0.0479. The van der Waals surface area contributed by atoms with Gasteiger partial charge in [0.05, 0.1) is 21.6 Å². The summed E-state index contributed by atoms with van der Waals surface area (Å²) < 4.78 is 11.8. The molecule has 6 heteroatoms. The minimum Gasteiger partial charge on any atom is -0.461 e. The third-order valence-corrected chi connectivity index (χ3v) is 5.67. The third-order valence-electron chi connectivity index (χ3n) is 4.57. The van der Waals surface area contributed by atoms with Gasteiger partial charge >= 0.3 is 11.6 Å². The lowest BCUT2D eigenvalue weighted by Crippen LogP contribution is -2.08. The van der Waals surface area contributed by atoms with Gasteiger partial charge in [0.15, 0.2) is 0 Å². The van der Waals surface area contributed by atoms with Crippen LogP contribution in [0.15, 0.2) is 57.7 Å². The van der Waals surface area contributed by atoms with Gasteiger partial charge in [-0.25, -0.2) is 9.78 Å². The number of para-hydroxylation sites is 1. The number of nitrogens with zero attached hydrogens (tertiary/aromatic N) is 1. The average Bonchev–Trinajstić information content (AvgIpc) is 3.12. The average molecular weight is 393 g/mol. The van der Waals surface area contributed by atoms with Gasteiger partial charge in [-0.1, -0.05) is 31.2 Å². The molecule has 0 radical (unpaired) electrons. The Hall–Kier alpha value is -2.99. The second-order valence-electron chi connectivity index (χ2n) is 6.51. The quantitative estimate of drug-likeness (QED) is 0.353. The number of benzene rings is 2. The second kappa shape index (κ2) is 7.94. The van der Waals surface area contributed by atoms with Crippen molar-refractivity contribution in [1.29, 1.82) is 0 Å². The van der Waals surface area contributed by atoms with Gasteiger partial charge in [0.2, 0.25) is 0 Å². The number of hydrogen-bond donors (Lipinski definition) is 0. The lowest BCUT2D eigenvalue weighted by atomic mass is 10.1. The summed E-state index contributed by atoms with van der Waals surface area (Å²) in [5.41, 5.74) is 2.77. The minimum atomic E-state index is -0.443. The van der Waals surface area contributed by atoms with Crippen molar-refractivity contribution in [3.05, 3.63) is 75.1 Å². The summed E-state index contributed by atoms with van der Waals surface area (Å²) in [7, 11) is 0. The molecule has 4 rings (SSSR count). The summed E-state index contributed by atoms with van der Waals surface area (Å²) >= 11 is 1.59. The smallest absolute Gasteiger partial charge is 0.336 e. The Morgan fingerprint density at radius 3 is 2.86 bits per heavy atom. The predicted octanol–water partition coefficient (Wildman–Crippen LogP) is 4.64. The number of esters is 1. The second-order valence-corrected chi connectivity index (χ2v) is 7.63. The Kier molecular flexibility index (Phi) is 5.21. The number of thiazole rings is 1. The lowest BCUT2D eigenvalue weighted by molar-refractivity contribution is -0.144. The molecule has 0 bridgehead atoms. The Morgan fingerprint density at radius 2 is 2.04 bits per heavy atom. The maximum atomic E-state index is 12.2. The number of ether oxygens (including phenoxy) is 1. The van der Waals surface area contributed by atoms with Crippen LogP contribution in [0.5, 0.6) is 0 Å². The van der Waals surface area contributed by atoms with E-state index >= 15 is 0 Å². The normalized spacial score (nSPS) is 11.2. The van der Waals surface area contributed by atoms with Crippen LogP contribution < -0.4 is 5.63 Å². The van der Waals surface area contributed by atoms with Gasteiger partial charge in [0, 0.05) is 23.4 Å². The van der Waals surface area contributed by atoms with Gasteiger partial charge in [-0.3, -0.25) is 4.79 Å². The maximum Gasteiger partial charge on any atom is 0.336 e. The molecular weight excluding hydrogens is 374 g/mol. The van der Waals surface area contributed by atoms with Crippen molar-refractivity contribution in [3.8, 4) is 0 Å². The molecule has 0 amide bonds. The molecule has 0 saturated heterocycles. The highest BCUT2D eigenvalue weighted by atomic mass is 32.1. The monoisotopic (exact) mass is 393 g/mol. The summed E-state index contributed by atoms with van der Waals surface area (Å²) in [6.45, 7) is 2.09. The van der Waals surface area contributed by atoms with Crippen molar-refractivity contribution < 1.29 is 13.9 Å². The Balaban J connectivity index is 1.42. The Morgan fingerprint density at radius 1 is 1.18 bits per heavy atom. The van der Waals surface area contributed by atoms with Gasteiger partial charge in [0.1, 0.15) is 12.2 Å². The molecule has 2 aromatic carbocycles. The molecule has 0 saturated carbocycles. The molecule has 0 spiro atoms. The third kappa shape index (κ3) is 3.97. The van der Waals surface area contributed by atoms with Crippen LogP contribution in [-0.2, 0) is 29.0 Å². The van der Waals surface area contributed by atoms with E-state index in [1.54, 1.807) is 11.3 Å². The molecule has 0 atom stereocenters. The molecule has 5 nitrogen and oxygen atoms in total. The molecule has 0 aliphatic heterocycles. The molecule has 0 aliphatic carbocycles. The van der Waals surface area contributed by atoms with Gasteiger partial charge in [-0.15, -0.1) is 11.3 Å². The van der Waals surface area contributed by atoms with Crippen molar-refractivity contribution in [3.63, 3.8) is 0 Å². The molecular formula is C22H19NO4S. The predicted molar refractivity (Wildman–Crippen MR) is 110 cm³/mol. The van der Waals surface area contributed by atoms with Crippen LogP contribution in [0, 0.1) is 0 Å². The first kappa shape index (κ1) is 18.4. The molecule has 2 aromatic heterocycles. The van der Waals surface area contributed by atoms with Crippen molar-refractivity contribution in [2.45, 2.75) is 32.8 Å². The fraction of sp³-hybridized carbons (Fsp3) is 0.227. The number of carbonyl (C=O) groups excluding carboxylic acids is 1. The van der Waals surface area contributed by atoms with Crippen LogP contribution in [0.25, 0.3) is 21.2 Å². The van der Waals surface area contributed by atoms with Crippen LogP contribution in [0.2, 0.25) is 0 Å². The fourth-order valence-corrected chi connectivity index (χ4v) is 4.05. The zero-order valence-corrected chi connectivity index (χ0v) is 16.3. The van der Waals surface area contributed by atoms with E-state index in [4.69, 9.17) is 9.15 Å². The molecule has 0 aliphatic rings. The molecule has 28 heavy (non-hydrogen) atoms. The summed E-state index contributed by atoms with van der Waals surface area (Å²) in [4.78, 5) is 28.5. The van der Waals surface area contributed by atoms with Crippen LogP contribution >= 0.6 is 11.3 Å². The van der Waals surface area contributed by atoms with E-state index in [-0.39, 0.29) is 19.0 Å². The molecule has 4 aromatic rings. The van der Waals surface area contributed by atoms with Crippen molar-refractivity contribution >= 4 is 38.5 Å². The first-order valence-electron chi connectivity index (χ1n) is 9.18. The van der Waals surface area contributed by atoms with E-state index in [0.717, 1.165) is 32.6 Å². The van der Waals surface area contributed by atoms with E-state index in [0.29, 0.717) is 17.6 Å². The standard InChI is InChI=1S/C22H19NO4S/c1-2-14-7-8-16-15(12-22(25)27-18(16)11-14)13-26-21(24)10-9-20-23-17-5-3-4-6-19(17)28-20/h3-8,11-12H,2,9-10,13H2,1H3. The van der Waals surface area contributed by atoms with Gasteiger partial charge in [-0.2, -0.15) is 0 Å². The van der Waals surface area contributed by atoms with E-state index < -0.39 is 5.63 Å². The summed E-state index contributed by atoms with van der Waals surface area (Å²) in [6, 6.07) is 15.0. The highest BCUT2D eigenvalue weighted by Crippen LogP contribution is 2.23. The number of carbonyl (C=O) groups is 1. The largest absolute Gasteiger partial charge is 0.461 e. The van der Waals surface area contributed by atoms with Crippen LogP contribution in [-0.4, -0.2) is 11.0 Å². The molecule has 0 fully saturated rings. The highest BCUT2D eigenvalue weighted by Gasteiger charge is 2.11. The fourth-order valence-electron chi connectivity index (χ4n) is 3.08. The zero-order chi connectivity index (χ0) is 19.5. The van der Waals surface area contributed by atoms with Crippen molar-refractivity contribution in [2.75, 3.05) is 0 Å². The SMILES string of the molecule is CCc1ccc2c(COC(=O)CCc3nc4ccccc4s3)cc(=O)oc2c1. The number of hydrogen-bond acceptors (Lipinski definition) is 6. The molecule has 0 unspecified atom stereocenters. The van der Waals surface area contributed by atoms with Gasteiger partial charge in [-0.05, 0) is 30.2 Å². The van der Waals surface area contributed by atoms with Crippen molar-refractivity contribution in [2.24, 2.45) is 0 Å². The van der Waals surface area contributed by atoms with E-state index in [1.807, 2.05) is 49.4 Å². The van der Waals surface area contributed by atoms with Crippen LogP contribution in [0.3, 0.4) is 0 Å². The topological polar surface area (TPSA) is 69.4 Å². The van der Waals surface area contributed by atoms with E-state index in [9.17, 15) is 9.59 Å². The van der Waals surface area contributed by atoms with Gasteiger partial charge < -0.3 is 9.15 Å². The Labute approximate surface area is 165 Å². The number of aryl methyl sites for hydroxylation is 2. The first-order valence-corrected chi connectivity index (χ1v) is 10.00. The van der Waals surface area contributed by atoms with Gasteiger partial charge in [0.25, 0.3) is 0 Å². The van der Waals surface area contributed by atoms with E-state index in [2.05, 4.69) is 4.98 Å². The highest BCUT2D eigenvalue weighted by molar-refractivity contribution is 7.18. The summed E-state index contributed by atoms with van der Waals surface area (Å²) in [5, 5.41) is 1.70. The van der Waals surface area contributed by atoms with Crippen LogP contribution in [0.4, 0.5) is 0 Å². The molecule has 0 N–H and O–H groups in total. The zero-order valence-electron chi connectivity index (χ0n) is 15.4. The number of aromatic nitrogens is 1. The first-order chi connectivity index (χ1) is 13.6. The maximum absolute atomic E-state index is 12.2. The van der Waals surface area contributed by atoms with E-state index in [1.165, 1.54) is 6.07 Å². The number of rotatable bonds is 6. The van der Waals surface area contributed by atoms with Crippen LogP contribution in [0.1, 0.15) is 29.5 Å². The molecule has 142 valence electrons. The summed E-state index contributed by atoms with van der Waals surface area (Å²) in [5.74, 6) is -0.314. The van der Waals surface area contributed by atoms with Crippen molar-refractivity contribution in [1.82, 2.24) is 4.98 Å².